The van der Waals surface area contributed by atoms with Gasteiger partial charge in [0.25, 0.3) is 0 Å². The zero-order valence-electron chi connectivity index (χ0n) is 18.2. The van der Waals surface area contributed by atoms with Gasteiger partial charge in [-0.25, -0.2) is 4.98 Å². The number of fused-ring (bicyclic) bond motifs is 2. The van der Waals surface area contributed by atoms with E-state index in [1.165, 1.54) is 10.9 Å². The van der Waals surface area contributed by atoms with Crippen molar-refractivity contribution >= 4 is 21.8 Å². The number of ether oxygens (including phenoxy) is 2. The Morgan fingerprint density at radius 3 is 2.47 bits per heavy atom. The Kier molecular flexibility index (Phi) is 5.75. The molecule has 0 unspecified atom stereocenters. The molecule has 1 aromatic heterocycles. The standard InChI is InChI=1S/C28H26N2O2/c1-21-14-16-23(17-15-21)32-20-28-29-25-11-4-5-12-26(25)30(28)18-7-19-31-27-13-6-9-22-8-2-3-10-24(22)27/h2-6,8-17H,7,18-20H2,1H3. The van der Waals surface area contributed by atoms with Crippen LogP contribution in [0.25, 0.3) is 21.8 Å². The Labute approximate surface area is 188 Å². The summed E-state index contributed by atoms with van der Waals surface area (Å²) in [4.78, 5) is 4.82. The number of rotatable bonds is 8. The fourth-order valence-electron chi connectivity index (χ4n) is 3.99. The first kappa shape index (κ1) is 20.1. The van der Waals surface area contributed by atoms with E-state index in [9.17, 15) is 0 Å². The molecule has 0 amide bonds. The van der Waals surface area contributed by atoms with Crippen molar-refractivity contribution in [3.8, 4) is 11.5 Å². The number of para-hydroxylation sites is 2. The molecular formula is C28H26N2O2. The molecule has 0 radical (unpaired) electrons. The monoisotopic (exact) mass is 422 g/mol. The number of aromatic nitrogens is 2. The van der Waals surface area contributed by atoms with Crippen molar-refractivity contribution in [1.82, 2.24) is 9.55 Å². The normalized spacial score (nSPS) is 11.2. The molecule has 4 heteroatoms. The van der Waals surface area contributed by atoms with E-state index >= 15 is 0 Å². The minimum Gasteiger partial charge on any atom is -0.493 e. The van der Waals surface area contributed by atoms with E-state index in [0.29, 0.717) is 13.2 Å². The predicted octanol–water partition coefficient (Wildman–Crippen LogP) is 6.55. The van der Waals surface area contributed by atoms with E-state index in [-0.39, 0.29) is 0 Å². The van der Waals surface area contributed by atoms with Crippen molar-refractivity contribution in [3.05, 3.63) is 102 Å². The maximum absolute atomic E-state index is 6.15. The van der Waals surface area contributed by atoms with Crippen LogP contribution in [0, 0.1) is 6.92 Å². The van der Waals surface area contributed by atoms with Crippen LogP contribution in [0.3, 0.4) is 0 Å². The zero-order valence-corrected chi connectivity index (χ0v) is 18.2. The van der Waals surface area contributed by atoms with Crippen LogP contribution in [0.4, 0.5) is 0 Å². The molecule has 5 aromatic rings. The van der Waals surface area contributed by atoms with Gasteiger partial charge in [0.15, 0.2) is 0 Å². The van der Waals surface area contributed by atoms with Crippen molar-refractivity contribution in [3.63, 3.8) is 0 Å². The molecule has 0 aliphatic carbocycles. The largest absolute Gasteiger partial charge is 0.493 e. The third kappa shape index (κ3) is 4.30. The predicted molar refractivity (Wildman–Crippen MR) is 129 cm³/mol. The van der Waals surface area contributed by atoms with E-state index in [0.717, 1.165) is 46.7 Å². The highest BCUT2D eigenvalue weighted by atomic mass is 16.5. The van der Waals surface area contributed by atoms with E-state index in [1.807, 2.05) is 42.5 Å². The average Bonchev–Trinajstić information content (AvgIpc) is 3.19. The van der Waals surface area contributed by atoms with Crippen molar-refractivity contribution in [2.45, 2.75) is 26.5 Å². The van der Waals surface area contributed by atoms with Gasteiger partial charge < -0.3 is 14.0 Å². The van der Waals surface area contributed by atoms with Crippen LogP contribution in [-0.4, -0.2) is 16.2 Å². The second kappa shape index (κ2) is 9.15. The molecular weight excluding hydrogens is 396 g/mol. The van der Waals surface area contributed by atoms with Crippen molar-refractivity contribution in [2.24, 2.45) is 0 Å². The van der Waals surface area contributed by atoms with Gasteiger partial charge in [-0.3, -0.25) is 0 Å². The third-order valence-electron chi connectivity index (χ3n) is 5.66. The Morgan fingerprint density at radius 2 is 1.56 bits per heavy atom. The van der Waals surface area contributed by atoms with Gasteiger partial charge in [0.1, 0.15) is 23.9 Å². The lowest BCUT2D eigenvalue weighted by Crippen LogP contribution is -2.10. The molecule has 4 aromatic carbocycles. The Hall–Kier alpha value is -3.79. The lowest BCUT2D eigenvalue weighted by Gasteiger charge is -2.12. The first-order chi connectivity index (χ1) is 15.8. The summed E-state index contributed by atoms with van der Waals surface area (Å²) in [5, 5.41) is 2.34. The van der Waals surface area contributed by atoms with E-state index in [1.54, 1.807) is 0 Å². The van der Waals surface area contributed by atoms with Crippen molar-refractivity contribution in [1.29, 1.82) is 0 Å². The molecule has 1 heterocycles. The number of nitrogens with zero attached hydrogens (tertiary/aromatic N) is 2. The minimum absolute atomic E-state index is 0.432. The highest BCUT2D eigenvalue weighted by Crippen LogP contribution is 2.25. The van der Waals surface area contributed by atoms with E-state index < -0.39 is 0 Å². The fourth-order valence-corrected chi connectivity index (χ4v) is 3.99. The van der Waals surface area contributed by atoms with Gasteiger partial charge in [0, 0.05) is 11.9 Å². The molecule has 5 rings (SSSR count). The zero-order chi connectivity index (χ0) is 21.8. The van der Waals surface area contributed by atoms with E-state index in [2.05, 4.69) is 60.0 Å². The molecule has 0 atom stereocenters. The number of hydrogen-bond acceptors (Lipinski definition) is 3. The van der Waals surface area contributed by atoms with Crippen LogP contribution in [0.15, 0.2) is 91.0 Å². The molecule has 0 N–H and O–H groups in total. The highest BCUT2D eigenvalue weighted by Gasteiger charge is 2.11. The van der Waals surface area contributed by atoms with Gasteiger partial charge in [-0.05, 0) is 49.1 Å². The SMILES string of the molecule is Cc1ccc(OCc2nc3ccccc3n2CCCOc2cccc3ccccc23)cc1. The maximum atomic E-state index is 6.15. The Balaban J connectivity index is 1.28. The second-order valence-electron chi connectivity index (χ2n) is 7.95. The maximum Gasteiger partial charge on any atom is 0.147 e. The molecule has 0 saturated heterocycles. The second-order valence-corrected chi connectivity index (χ2v) is 7.95. The van der Waals surface area contributed by atoms with Gasteiger partial charge in [-0.2, -0.15) is 0 Å². The summed E-state index contributed by atoms with van der Waals surface area (Å²) in [6.45, 7) is 3.96. The van der Waals surface area contributed by atoms with Gasteiger partial charge in [0.2, 0.25) is 0 Å². The molecule has 0 spiro atoms. The highest BCUT2D eigenvalue weighted by molar-refractivity contribution is 5.88. The molecule has 0 bridgehead atoms. The molecule has 0 aliphatic heterocycles. The topological polar surface area (TPSA) is 36.3 Å². The third-order valence-corrected chi connectivity index (χ3v) is 5.66. The average molecular weight is 423 g/mol. The number of imidazole rings is 1. The smallest absolute Gasteiger partial charge is 0.147 e. The van der Waals surface area contributed by atoms with Gasteiger partial charge >= 0.3 is 0 Å². The Bertz CT molecular complexity index is 1330. The van der Waals surface area contributed by atoms with Crippen LogP contribution >= 0.6 is 0 Å². The summed E-state index contributed by atoms with van der Waals surface area (Å²) in [5.74, 6) is 2.71. The van der Waals surface area contributed by atoms with E-state index in [4.69, 9.17) is 14.5 Å². The van der Waals surface area contributed by atoms with Gasteiger partial charge in [-0.15, -0.1) is 0 Å². The molecule has 32 heavy (non-hydrogen) atoms. The summed E-state index contributed by atoms with van der Waals surface area (Å²) < 4.78 is 14.4. The summed E-state index contributed by atoms with van der Waals surface area (Å²) in [7, 11) is 0. The van der Waals surface area contributed by atoms with Gasteiger partial charge in [-0.1, -0.05) is 66.2 Å². The first-order valence-electron chi connectivity index (χ1n) is 11.0. The van der Waals surface area contributed by atoms with Crippen LogP contribution in [0.1, 0.15) is 17.8 Å². The van der Waals surface area contributed by atoms with Crippen LogP contribution in [0.2, 0.25) is 0 Å². The quantitative estimate of drug-likeness (QED) is 0.266. The lowest BCUT2D eigenvalue weighted by atomic mass is 10.1. The lowest BCUT2D eigenvalue weighted by molar-refractivity contribution is 0.281. The van der Waals surface area contributed by atoms with Crippen LogP contribution < -0.4 is 9.47 Å². The fraction of sp³-hybridized carbons (Fsp3) is 0.179. The summed E-state index contributed by atoms with van der Waals surface area (Å²) >= 11 is 0. The molecule has 0 fully saturated rings. The molecule has 0 aliphatic rings. The Morgan fingerprint density at radius 1 is 0.781 bits per heavy atom. The number of hydrogen-bond donors (Lipinski definition) is 0. The van der Waals surface area contributed by atoms with Crippen LogP contribution in [-0.2, 0) is 13.2 Å². The molecule has 4 nitrogen and oxygen atoms in total. The van der Waals surface area contributed by atoms with Gasteiger partial charge in [0.05, 0.1) is 17.6 Å². The first-order valence-corrected chi connectivity index (χ1v) is 11.0. The summed E-state index contributed by atoms with van der Waals surface area (Å²) in [6.07, 6.45) is 0.876. The molecule has 160 valence electrons. The van der Waals surface area contributed by atoms with Crippen LogP contribution in [0.5, 0.6) is 11.5 Å². The number of benzene rings is 4. The number of aryl methyl sites for hydroxylation is 2. The van der Waals surface area contributed by atoms with Crippen molar-refractivity contribution < 1.29 is 9.47 Å². The van der Waals surface area contributed by atoms with Crippen molar-refractivity contribution in [2.75, 3.05) is 6.61 Å². The summed E-state index contributed by atoms with van der Waals surface area (Å²) in [5.41, 5.74) is 3.33. The summed E-state index contributed by atoms with van der Waals surface area (Å²) in [6, 6.07) is 30.9. The minimum atomic E-state index is 0.432. The molecule has 0 saturated carbocycles.